The Morgan fingerprint density at radius 2 is 0.364 bits per heavy atom. The fourth-order valence-corrected chi connectivity index (χ4v) is 3.76. The molecular formula is C21H18Fe4N6O24. The molecule has 0 aliphatic rings. The molecular weight excluding hydrogens is 944 g/mol. The van der Waals surface area contributed by atoms with Gasteiger partial charge in [-0.15, -0.1) is 0 Å². The van der Waals surface area contributed by atoms with Gasteiger partial charge >= 0.3 is 68.3 Å². The third kappa shape index (κ3) is 13.3. The van der Waals surface area contributed by atoms with Crippen LogP contribution >= 0.6 is 0 Å². The number of hydrogen-bond acceptors (Lipinski definition) is 30. The maximum absolute atomic E-state index is 10.6. The number of hydrogen-bond donors (Lipinski definition) is 6. The smallest absolute Gasteiger partial charge is 0.550 e. The van der Waals surface area contributed by atoms with Crippen LogP contribution < -0.4 is 95.7 Å². The molecule has 0 rings (SSSR count). The Morgan fingerprint density at radius 1 is 0.273 bits per heavy atom. The number of rotatable bonds is 18. The predicted molar refractivity (Wildman–Crippen MR) is 114 cm³/mol. The van der Waals surface area contributed by atoms with Gasteiger partial charge in [0.2, 0.25) is 0 Å². The van der Waals surface area contributed by atoms with Crippen molar-refractivity contribution in [3.63, 3.8) is 0 Å². The number of carbonyl (C=O) groups is 12. The minimum absolute atomic E-state index is 0. The van der Waals surface area contributed by atoms with Crippen LogP contribution in [0, 0.1) is 34.0 Å². The Kier molecular flexibility index (Phi) is 30.4. The molecule has 0 aliphatic heterocycles. The molecule has 55 heavy (non-hydrogen) atoms. The molecule has 308 valence electrons. The Hall–Kier alpha value is -4.52. The molecule has 3 unspecified atom stereocenters. The second-order valence-electron chi connectivity index (χ2n) is 9.13. The molecule has 0 amide bonds. The topological polar surface area (TPSA) is 638 Å². The van der Waals surface area contributed by atoms with E-state index < -0.39 is 124 Å². The quantitative estimate of drug-likeness (QED) is 0.0422. The number of carbonyl (C=O) groups excluding carboxylic acids is 12. The first-order chi connectivity index (χ1) is 22.8. The third-order valence-corrected chi connectivity index (χ3v) is 6.21. The number of carboxylic acids is 12. The predicted octanol–water partition coefficient (Wildman–Crippen LogP) is -24.5. The van der Waals surface area contributed by atoms with Crippen molar-refractivity contribution in [3.05, 3.63) is 0 Å². The van der Waals surface area contributed by atoms with Crippen molar-refractivity contribution in [1.29, 1.82) is 0 Å². The van der Waals surface area contributed by atoms with E-state index in [0.29, 0.717) is 0 Å². The summed E-state index contributed by atoms with van der Waals surface area (Å²) < 4.78 is 0. The normalized spacial score (nSPS) is 12.2. The van der Waals surface area contributed by atoms with Crippen LogP contribution in [0.15, 0.2) is 0 Å². The molecule has 0 aromatic rings. The van der Waals surface area contributed by atoms with E-state index in [4.69, 9.17) is 34.4 Å². The fourth-order valence-electron chi connectivity index (χ4n) is 3.76. The van der Waals surface area contributed by atoms with Gasteiger partial charge in [-0.05, 0) is 0 Å². The van der Waals surface area contributed by atoms with Gasteiger partial charge in [0, 0.05) is 35.7 Å². The van der Waals surface area contributed by atoms with E-state index in [-0.39, 0.29) is 68.3 Å². The summed E-state index contributed by atoms with van der Waals surface area (Å²) in [5, 5.41) is 127. The van der Waals surface area contributed by atoms with Gasteiger partial charge in [-0.25, -0.2) is 0 Å². The zero-order valence-electron chi connectivity index (χ0n) is 25.6. The maximum atomic E-state index is 10.6. The van der Waals surface area contributed by atoms with Crippen LogP contribution in [0.5, 0.6) is 0 Å². The Bertz CT molecular complexity index is 1210. The summed E-state index contributed by atoms with van der Waals surface area (Å²) in [6.07, 6.45) is -6.48. The largest absolute Gasteiger partial charge is 3.00 e. The minimum Gasteiger partial charge on any atom is -0.550 e. The van der Waals surface area contributed by atoms with Gasteiger partial charge in [-0.3, -0.25) is 0 Å². The number of carboxylic acid groups (broad SMARTS) is 12. The SMILES string of the molecule is NC(N)C(C(=O)[O-])C(C(=O)[O-])(C(=O)[O-])C(=O)[O-].NC(N)C(C(=O)[O-])C(C(=O)[O-])(C(=O)[O-])C(=O)[O-].NC(N)C(C(=O)[O-])C(C(=O)[O-])(C(=O)[O-])C(=O)[O-].[Fe+3].[Fe+3].[Fe+3].[Fe+3]. The summed E-state index contributed by atoms with van der Waals surface area (Å²) >= 11 is 0. The van der Waals surface area contributed by atoms with Crippen LogP contribution in [-0.2, 0) is 126 Å². The summed E-state index contributed by atoms with van der Waals surface area (Å²) in [4.78, 5) is 127. The standard InChI is InChI=1S/3C7H10N2O8.4Fe/c3*8-2(9)1(3(10)11)7(4(12)13,5(14)15)6(16)17;;;;/h3*1-2H,8-9H2,(H,10,11)(H,12,13)(H,14,15)(H,16,17);;;;/q;;;4*+3/p-12. The van der Waals surface area contributed by atoms with Crippen LogP contribution in [0.4, 0.5) is 0 Å². The van der Waals surface area contributed by atoms with Crippen molar-refractivity contribution in [1.82, 2.24) is 0 Å². The summed E-state index contributed by atoms with van der Waals surface area (Å²) in [7, 11) is 0. The zero-order valence-corrected chi connectivity index (χ0v) is 30.1. The molecule has 4 radical (unpaired) electrons. The molecule has 3 atom stereocenters. The van der Waals surface area contributed by atoms with Crippen LogP contribution in [-0.4, -0.2) is 90.1 Å². The van der Waals surface area contributed by atoms with Crippen molar-refractivity contribution in [2.45, 2.75) is 18.5 Å². The average Bonchev–Trinajstić information content (AvgIpc) is 2.90. The van der Waals surface area contributed by atoms with Crippen LogP contribution in [0.2, 0.25) is 0 Å². The molecule has 34 heteroatoms. The summed E-state index contributed by atoms with van der Waals surface area (Å²) in [6, 6.07) is 0. The second kappa shape index (κ2) is 25.5. The van der Waals surface area contributed by atoms with Gasteiger partial charge in [0.15, 0.2) is 0 Å². The average molecular weight is 962 g/mol. The Labute approximate surface area is 344 Å². The Morgan fingerprint density at radius 3 is 0.382 bits per heavy atom. The molecule has 12 N–H and O–H groups in total. The number of aliphatic carboxylic acids is 12. The molecule has 0 bridgehead atoms. The van der Waals surface area contributed by atoms with Crippen molar-refractivity contribution < 1.29 is 187 Å². The van der Waals surface area contributed by atoms with Crippen LogP contribution in [0.3, 0.4) is 0 Å². The molecule has 0 aromatic heterocycles. The van der Waals surface area contributed by atoms with Gasteiger partial charge in [0.1, 0.15) is 0 Å². The van der Waals surface area contributed by atoms with Crippen molar-refractivity contribution in [2.24, 2.45) is 68.4 Å². The van der Waals surface area contributed by atoms with Gasteiger partial charge < -0.3 is 153 Å². The summed E-state index contributed by atoms with van der Waals surface area (Å²) in [6.45, 7) is 0. The van der Waals surface area contributed by atoms with E-state index >= 15 is 0 Å². The van der Waals surface area contributed by atoms with Crippen LogP contribution in [0.25, 0.3) is 0 Å². The third-order valence-electron chi connectivity index (χ3n) is 6.21. The van der Waals surface area contributed by atoms with Gasteiger partial charge in [0.25, 0.3) is 0 Å². The van der Waals surface area contributed by atoms with E-state index in [0.717, 1.165) is 0 Å². The monoisotopic (exact) mass is 962 g/mol. The molecule has 0 spiro atoms. The maximum Gasteiger partial charge on any atom is 3.00 e. The molecule has 0 aliphatic carbocycles. The van der Waals surface area contributed by atoms with E-state index in [1.165, 1.54) is 0 Å². The van der Waals surface area contributed by atoms with Gasteiger partial charge in [0.05, 0.1) is 88.5 Å². The second-order valence-corrected chi connectivity index (χ2v) is 9.13. The van der Waals surface area contributed by atoms with E-state index in [2.05, 4.69) is 0 Å². The Balaban J connectivity index is -0.000000121. The fraction of sp³-hybridized carbons (Fsp3) is 0.429. The summed E-state index contributed by atoms with van der Waals surface area (Å²) in [5.74, 6) is -40.7. The van der Waals surface area contributed by atoms with E-state index in [1.807, 2.05) is 0 Å². The van der Waals surface area contributed by atoms with E-state index in [9.17, 15) is 119 Å². The van der Waals surface area contributed by atoms with Crippen LogP contribution in [0.1, 0.15) is 0 Å². The first-order valence-electron chi connectivity index (χ1n) is 11.9. The van der Waals surface area contributed by atoms with Gasteiger partial charge in [-0.1, -0.05) is 0 Å². The molecule has 0 aromatic carbocycles. The van der Waals surface area contributed by atoms with Crippen molar-refractivity contribution >= 4 is 71.6 Å². The first kappa shape index (κ1) is 65.4. The first-order valence-corrected chi connectivity index (χ1v) is 11.9. The van der Waals surface area contributed by atoms with Gasteiger partial charge in [-0.2, -0.15) is 0 Å². The molecule has 0 saturated carbocycles. The molecule has 30 nitrogen and oxygen atoms in total. The minimum atomic E-state index is -4.03. The van der Waals surface area contributed by atoms with Crippen molar-refractivity contribution in [3.8, 4) is 0 Å². The molecule has 0 saturated heterocycles. The molecule has 0 heterocycles. The number of nitrogens with two attached hydrogens (primary N) is 6. The molecule has 0 fully saturated rings. The van der Waals surface area contributed by atoms with E-state index in [1.54, 1.807) is 0 Å². The summed E-state index contributed by atoms with van der Waals surface area (Å²) in [5.41, 5.74) is 16.8. The van der Waals surface area contributed by atoms with Crippen molar-refractivity contribution in [2.75, 3.05) is 0 Å². The zero-order chi connectivity index (χ0) is 41.9.